The number of aromatic nitrogens is 2. The van der Waals surface area contributed by atoms with Crippen molar-refractivity contribution in [1.29, 1.82) is 0 Å². The summed E-state index contributed by atoms with van der Waals surface area (Å²) in [6, 6.07) is 6.44. The lowest BCUT2D eigenvalue weighted by atomic mass is 9.68. The largest absolute Gasteiger partial charge is 0.487 e. The predicted octanol–water partition coefficient (Wildman–Crippen LogP) is 4.39. The van der Waals surface area contributed by atoms with Crippen molar-refractivity contribution < 1.29 is 24.1 Å². The molecule has 1 unspecified atom stereocenters. The summed E-state index contributed by atoms with van der Waals surface area (Å²) in [6.07, 6.45) is 3.16. The molecule has 6 rings (SSSR count). The molecular formula is C25H25Cl2FN4O4. The first-order chi connectivity index (χ1) is 17.4. The van der Waals surface area contributed by atoms with Crippen LogP contribution in [0.2, 0.25) is 10.0 Å². The van der Waals surface area contributed by atoms with E-state index in [2.05, 4.69) is 21.9 Å². The van der Waals surface area contributed by atoms with E-state index in [4.69, 9.17) is 32.7 Å². The fourth-order valence-corrected chi connectivity index (χ4v) is 5.17. The normalized spacial score (nSPS) is 22.1. The highest BCUT2D eigenvalue weighted by Crippen LogP contribution is 2.45. The molecule has 1 aromatic heterocycles. The number of hydrogen-bond donors (Lipinski definition) is 3. The van der Waals surface area contributed by atoms with Gasteiger partial charge < -0.3 is 25.0 Å². The van der Waals surface area contributed by atoms with E-state index < -0.39 is 12.0 Å². The fourth-order valence-electron chi connectivity index (χ4n) is 4.86. The topological polar surface area (TPSA) is 100.0 Å². The van der Waals surface area contributed by atoms with Crippen molar-refractivity contribution in [2.24, 2.45) is 11.8 Å². The molecule has 2 bridgehead atoms. The molecule has 190 valence electrons. The molecule has 3 heterocycles. The number of halogens is 3. The highest BCUT2D eigenvalue weighted by molar-refractivity contribution is 6.42. The zero-order chi connectivity index (χ0) is 25.4. The number of aliphatic hydroxyl groups is 2. The van der Waals surface area contributed by atoms with Crippen LogP contribution in [0.4, 0.5) is 15.9 Å². The number of hydrogen-bond acceptors (Lipinski definition) is 8. The van der Waals surface area contributed by atoms with Crippen LogP contribution in [0.15, 0.2) is 43.2 Å². The summed E-state index contributed by atoms with van der Waals surface area (Å²) in [5.74, 6) is 1.06. The molecule has 36 heavy (non-hydrogen) atoms. The monoisotopic (exact) mass is 534 g/mol. The maximum atomic E-state index is 14.7. The molecule has 0 amide bonds. The third kappa shape index (κ3) is 4.69. The number of ether oxygens (including phenoxy) is 2. The first-order valence-corrected chi connectivity index (χ1v) is 12.3. The van der Waals surface area contributed by atoms with Crippen molar-refractivity contribution in [2.75, 3.05) is 31.6 Å². The molecule has 2 aliphatic heterocycles. The molecule has 8 nitrogen and oxygen atoms in total. The number of nitrogens with zero attached hydrogens (tertiary/aromatic N) is 3. The van der Waals surface area contributed by atoms with Gasteiger partial charge in [-0.05, 0) is 30.7 Å². The Kier molecular flexibility index (Phi) is 7.18. The van der Waals surface area contributed by atoms with Crippen LogP contribution in [-0.4, -0.2) is 63.7 Å². The number of piperidine rings is 2. The Morgan fingerprint density at radius 1 is 1.22 bits per heavy atom. The molecule has 0 radical (unpaired) electrons. The van der Waals surface area contributed by atoms with Crippen LogP contribution in [0.3, 0.4) is 0 Å². The van der Waals surface area contributed by atoms with E-state index in [1.54, 1.807) is 12.1 Å². The van der Waals surface area contributed by atoms with E-state index in [-0.39, 0.29) is 46.9 Å². The van der Waals surface area contributed by atoms with Gasteiger partial charge >= 0.3 is 0 Å². The standard InChI is InChI=1S/C25H25Cl2FN4O4/c1-2-21(34)32-10-13-7-14(11-32)24(13)36-20-8-15-18(9-19(20)35-6-5-33)29-12-30-25(15)31-17-4-3-16(26)22(27)23(17)28/h2-4,8-9,12-14,21,24,33-34H,1,5-7,10-11H2,(H,29,30,31)/t13-,14+,21?,24+. The van der Waals surface area contributed by atoms with Gasteiger partial charge in [0.2, 0.25) is 0 Å². The average molecular weight is 535 g/mol. The minimum absolute atomic E-state index is 0.0549. The van der Waals surface area contributed by atoms with Crippen LogP contribution in [0.5, 0.6) is 11.5 Å². The zero-order valence-electron chi connectivity index (χ0n) is 19.2. The number of rotatable bonds is 9. The summed E-state index contributed by atoms with van der Waals surface area (Å²) in [5, 5.41) is 22.9. The number of anilines is 2. The Morgan fingerprint density at radius 2 is 2.00 bits per heavy atom. The molecule has 3 aliphatic rings. The van der Waals surface area contributed by atoms with E-state index in [1.807, 2.05) is 4.90 Å². The van der Waals surface area contributed by atoms with E-state index in [0.717, 1.165) is 6.42 Å². The minimum Gasteiger partial charge on any atom is -0.487 e. The van der Waals surface area contributed by atoms with Crippen molar-refractivity contribution in [3.63, 3.8) is 0 Å². The molecular weight excluding hydrogens is 510 g/mol. The van der Waals surface area contributed by atoms with Crippen LogP contribution in [0, 0.1) is 17.7 Å². The number of nitrogens with one attached hydrogen (secondary N) is 1. The number of fused-ring (bicyclic) bond motifs is 3. The second kappa shape index (κ2) is 10.4. The van der Waals surface area contributed by atoms with Gasteiger partial charge in [-0.3, -0.25) is 4.90 Å². The van der Waals surface area contributed by atoms with Gasteiger partial charge in [-0.25, -0.2) is 14.4 Å². The maximum Gasteiger partial charge on any atom is 0.166 e. The lowest BCUT2D eigenvalue weighted by molar-refractivity contribution is -0.126. The summed E-state index contributed by atoms with van der Waals surface area (Å²) in [7, 11) is 0. The van der Waals surface area contributed by atoms with Gasteiger partial charge in [0, 0.05) is 36.4 Å². The van der Waals surface area contributed by atoms with E-state index in [0.29, 0.717) is 41.3 Å². The molecule has 1 aliphatic carbocycles. The van der Waals surface area contributed by atoms with E-state index in [9.17, 15) is 14.6 Å². The quantitative estimate of drug-likeness (QED) is 0.274. The molecule has 3 N–H and O–H groups in total. The Labute approximate surface area is 217 Å². The second-order valence-electron chi connectivity index (χ2n) is 8.90. The molecule has 4 atom stereocenters. The lowest BCUT2D eigenvalue weighted by Gasteiger charge is -2.53. The average Bonchev–Trinajstić information content (AvgIpc) is 2.90. The fraction of sp³-hybridized carbons (Fsp3) is 0.360. The Balaban J connectivity index is 1.46. The van der Waals surface area contributed by atoms with Crippen LogP contribution in [-0.2, 0) is 0 Å². The van der Waals surface area contributed by atoms with E-state index >= 15 is 0 Å². The summed E-state index contributed by atoms with van der Waals surface area (Å²) in [4.78, 5) is 10.6. The Bertz CT molecular complexity index is 1280. The third-order valence-electron chi connectivity index (χ3n) is 6.66. The first-order valence-electron chi connectivity index (χ1n) is 11.5. The second-order valence-corrected chi connectivity index (χ2v) is 9.69. The molecule has 11 heteroatoms. The maximum absolute atomic E-state index is 14.7. The molecule has 2 saturated heterocycles. The van der Waals surface area contributed by atoms with Crippen molar-refractivity contribution in [3.8, 4) is 11.5 Å². The van der Waals surface area contributed by atoms with Gasteiger partial charge in [0.1, 0.15) is 31.1 Å². The van der Waals surface area contributed by atoms with E-state index in [1.165, 1.54) is 24.5 Å². The molecule has 0 spiro atoms. The zero-order valence-corrected chi connectivity index (χ0v) is 20.7. The van der Waals surface area contributed by atoms with Gasteiger partial charge in [-0.1, -0.05) is 29.8 Å². The smallest absolute Gasteiger partial charge is 0.166 e. The highest BCUT2D eigenvalue weighted by Gasteiger charge is 2.49. The van der Waals surface area contributed by atoms with Crippen LogP contribution in [0.1, 0.15) is 6.42 Å². The molecule has 3 aromatic rings. The Morgan fingerprint density at radius 3 is 2.72 bits per heavy atom. The SMILES string of the molecule is C=CC(O)N1C[C@H]2C[C@@H](C1)[C@H]2Oc1cc2c(Nc3ccc(Cl)c(Cl)c3F)ncnc2cc1OCCO. The Hall–Kier alpha value is -2.69. The summed E-state index contributed by atoms with van der Waals surface area (Å²) in [5.41, 5.74) is 0.657. The highest BCUT2D eigenvalue weighted by atomic mass is 35.5. The number of benzene rings is 2. The summed E-state index contributed by atoms with van der Waals surface area (Å²) < 4.78 is 26.9. The number of aliphatic hydroxyl groups excluding tert-OH is 2. The summed E-state index contributed by atoms with van der Waals surface area (Å²) >= 11 is 11.9. The van der Waals surface area contributed by atoms with Crippen LogP contribution < -0.4 is 14.8 Å². The van der Waals surface area contributed by atoms with Gasteiger partial charge in [0.25, 0.3) is 0 Å². The van der Waals surface area contributed by atoms with Crippen molar-refractivity contribution in [3.05, 3.63) is 59.1 Å². The molecule has 3 fully saturated rings. The van der Waals surface area contributed by atoms with Gasteiger partial charge in [0.15, 0.2) is 17.3 Å². The minimum atomic E-state index is -0.691. The summed E-state index contributed by atoms with van der Waals surface area (Å²) in [6.45, 7) is 4.99. The predicted molar refractivity (Wildman–Crippen MR) is 136 cm³/mol. The molecule has 2 aromatic carbocycles. The lowest BCUT2D eigenvalue weighted by Crippen LogP contribution is -2.62. The van der Waals surface area contributed by atoms with Crippen molar-refractivity contribution in [2.45, 2.75) is 18.8 Å². The van der Waals surface area contributed by atoms with Crippen molar-refractivity contribution in [1.82, 2.24) is 14.9 Å². The molecule has 1 saturated carbocycles. The van der Waals surface area contributed by atoms with Crippen LogP contribution >= 0.6 is 23.2 Å². The first kappa shape index (κ1) is 25.0. The van der Waals surface area contributed by atoms with Crippen LogP contribution in [0.25, 0.3) is 10.9 Å². The van der Waals surface area contributed by atoms with Gasteiger partial charge in [0.05, 0.1) is 27.9 Å². The van der Waals surface area contributed by atoms with Gasteiger partial charge in [-0.15, -0.1) is 0 Å². The van der Waals surface area contributed by atoms with Crippen molar-refractivity contribution >= 4 is 45.6 Å². The van der Waals surface area contributed by atoms with Gasteiger partial charge in [-0.2, -0.15) is 0 Å². The third-order valence-corrected chi connectivity index (χ3v) is 7.44.